The third-order valence-corrected chi connectivity index (χ3v) is 6.04. The third kappa shape index (κ3) is 5.63. The minimum absolute atomic E-state index is 0.101. The minimum Gasteiger partial charge on any atom is -0.466 e. The topological polar surface area (TPSA) is 82.5 Å². The smallest absolute Gasteiger partial charge is 0.337 e. The van der Waals surface area contributed by atoms with Gasteiger partial charge in [-0.15, -0.1) is 0 Å². The van der Waals surface area contributed by atoms with E-state index in [1.807, 2.05) is 66.2 Å². The zero-order chi connectivity index (χ0) is 25.5. The molecule has 1 aromatic heterocycles. The molecule has 0 saturated carbocycles. The second-order valence-corrected chi connectivity index (χ2v) is 8.52. The number of benzene rings is 2. The van der Waals surface area contributed by atoms with E-state index in [0.29, 0.717) is 22.5 Å². The van der Waals surface area contributed by atoms with Crippen LogP contribution in [0.5, 0.6) is 0 Å². The van der Waals surface area contributed by atoms with Crippen LogP contribution in [0.4, 0.5) is 0 Å². The van der Waals surface area contributed by atoms with Crippen molar-refractivity contribution in [3.8, 4) is 0 Å². The predicted octanol–water partition coefficient (Wildman–Crippen LogP) is 4.60. The van der Waals surface area contributed by atoms with Crippen molar-refractivity contribution >= 4 is 18.0 Å². The number of nitrogens with zero attached hydrogens (tertiary/aromatic N) is 2. The summed E-state index contributed by atoms with van der Waals surface area (Å²) in [6.07, 6.45) is 9.18. The van der Waals surface area contributed by atoms with E-state index in [1.165, 1.54) is 12.7 Å². The molecule has 7 nitrogen and oxygen atoms in total. The summed E-state index contributed by atoms with van der Waals surface area (Å²) in [6.45, 7) is 4.47. The van der Waals surface area contributed by atoms with Gasteiger partial charge in [-0.05, 0) is 36.6 Å². The van der Waals surface area contributed by atoms with Gasteiger partial charge in [-0.3, -0.25) is 0 Å². The van der Waals surface area contributed by atoms with Gasteiger partial charge in [0.2, 0.25) is 0 Å². The van der Waals surface area contributed by atoms with E-state index in [2.05, 4.69) is 22.4 Å². The van der Waals surface area contributed by atoms with E-state index < -0.39 is 17.9 Å². The Morgan fingerprint density at radius 1 is 1.00 bits per heavy atom. The van der Waals surface area contributed by atoms with Gasteiger partial charge in [0.15, 0.2) is 0 Å². The van der Waals surface area contributed by atoms with E-state index >= 15 is 0 Å². The fraction of sp³-hybridized carbons (Fsp3) is 0.207. The molecule has 3 aromatic rings. The first kappa shape index (κ1) is 24.7. The molecule has 0 bridgehead atoms. The van der Waals surface area contributed by atoms with Gasteiger partial charge >= 0.3 is 11.9 Å². The summed E-state index contributed by atoms with van der Waals surface area (Å²) >= 11 is 0. The Morgan fingerprint density at radius 3 is 2.33 bits per heavy atom. The van der Waals surface area contributed by atoms with Crippen molar-refractivity contribution in [3.05, 3.63) is 119 Å². The highest BCUT2D eigenvalue weighted by atomic mass is 16.5. The zero-order valence-corrected chi connectivity index (χ0v) is 20.6. The van der Waals surface area contributed by atoms with Gasteiger partial charge in [0.05, 0.1) is 30.5 Å². The van der Waals surface area contributed by atoms with Gasteiger partial charge in [0.1, 0.15) is 6.61 Å². The summed E-state index contributed by atoms with van der Waals surface area (Å²) in [6, 6.07) is 17.6. The zero-order valence-electron chi connectivity index (χ0n) is 20.6. The van der Waals surface area contributed by atoms with Crippen LogP contribution >= 0.6 is 0 Å². The number of imidazole rings is 1. The van der Waals surface area contributed by atoms with E-state index in [9.17, 15) is 9.59 Å². The summed E-state index contributed by atoms with van der Waals surface area (Å²) in [4.78, 5) is 29.9. The van der Waals surface area contributed by atoms with Crippen LogP contribution in [0.2, 0.25) is 0 Å². The van der Waals surface area contributed by atoms with Gasteiger partial charge in [0, 0.05) is 30.3 Å². The van der Waals surface area contributed by atoms with E-state index in [1.54, 1.807) is 25.5 Å². The lowest BCUT2D eigenvalue weighted by Crippen LogP contribution is -2.32. The molecule has 0 amide bonds. The first-order chi connectivity index (χ1) is 17.5. The van der Waals surface area contributed by atoms with Crippen molar-refractivity contribution in [2.75, 3.05) is 13.7 Å². The number of allylic oxidation sites excluding steroid dienone is 2. The van der Waals surface area contributed by atoms with Gasteiger partial charge in [-0.25, -0.2) is 14.6 Å². The molecular weight excluding hydrogens is 454 g/mol. The molecule has 2 aromatic carbocycles. The Kier molecular flexibility index (Phi) is 7.80. The second-order valence-electron chi connectivity index (χ2n) is 8.52. The molecular formula is C29H29N3O4. The lowest BCUT2D eigenvalue weighted by atomic mass is 9.80. The number of rotatable bonds is 8. The highest BCUT2D eigenvalue weighted by Gasteiger charge is 2.37. The lowest BCUT2D eigenvalue weighted by Gasteiger charge is -2.30. The number of dihydropyridines is 1. The first-order valence-corrected chi connectivity index (χ1v) is 11.7. The summed E-state index contributed by atoms with van der Waals surface area (Å²) in [5.41, 5.74) is 5.08. The lowest BCUT2D eigenvalue weighted by molar-refractivity contribution is -0.138. The second kappa shape index (κ2) is 11.4. The monoisotopic (exact) mass is 483 g/mol. The molecule has 1 aliphatic heterocycles. The Hall–Kier alpha value is -4.39. The maximum atomic E-state index is 13.2. The van der Waals surface area contributed by atoms with Crippen molar-refractivity contribution in [1.29, 1.82) is 0 Å². The normalized spacial score (nSPS) is 15.7. The van der Waals surface area contributed by atoms with Crippen molar-refractivity contribution in [3.63, 3.8) is 0 Å². The Balaban J connectivity index is 1.45. The molecule has 4 rings (SSSR count). The largest absolute Gasteiger partial charge is 0.466 e. The van der Waals surface area contributed by atoms with Crippen LogP contribution in [-0.4, -0.2) is 35.2 Å². The number of esters is 2. The van der Waals surface area contributed by atoms with Gasteiger partial charge in [0.25, 0.3) is 0 Å². The van der Waals surface area contributed by atoms with Crippen LogP contribution in [0.15, 0.2) is 102 Å². The fourth-order valence-electron chi connectivity index (χ4n) is 4.33. The number of aromatic nitrogens is 2. The van der Waals surface area contributed by atoms with Gasteiger partial charge in [-0.2, -0.15) is 0 Å². The maximum absolute atomic E-state index is 13.2. The average Bonchev–Trinajstić information content (AvgIpc) is 3.40. The fourth-order valence-corrected chi connectivity index (χ4v) is 4.33. The maximum Gasteiger partial charge on any atom is 0.337 e. The standard InChI is InChI=1S/C29H29N3O4/c1-20-25(28(33)35-3)27(24-9-5-4-6-10-24)26(21(2)31-20)29(34)36-17-7-8-22-11-13-23(14-12-22)18-32-16-15-30-19-32/h4-16,19,27,31H,17-18H2,1-3H3/b8-7+. The number of hydrogen-bond acceptors (Lipinski definition) is 6. The van der Waals surface area contributed by atoms with Crippen molar-refractivity contribution < 1.29 is 19.1 Å². The number of hydrogen-bond donors (Lipinski definition) is 1. The van der Waals surface area contributed by atoms with Crippen LogP contribution in [-0.2, 0) is 25.6 Å². The SMILES string of the molecule is COC(=O)C1=C(C)NC(C)=C(C(=O)OC/C=C/c2ccc(Cn3ccnc3)cc2)C1c1ccccc1. The molecule has 1 unspecified atom stereocenters. The molecule has 36 heavy (non-hydrogen) atoms. The molecule has 2 heterocycles. The number of nitrogens with one attached hydrogen (secondary N) is 1. The van der Waals surface area contributed by atoms with Crippen molar-refractivity contribution in [2.45, 2.75) is 26.3 Å². The predicted molar refractivity (Wildman–Crippen MR) is 137 cm³/mol. The molecule has 1 atom stereocenters. The summed E-state index contributed by atoms with van der Waals surface area (Å²) in [5, 5.41) is 3.15. The molecule has 0 aliphatic carbocycles. The quantitative estimate of drug-likeness (QED) is 0.472. The van der Waals surface area contributed by atoms with Crippen molar-refractivity contribution in [1.82, 2.24) is 14.9 Å². The average molecular weight is 484 g/mol. The van der Waals surface area contributed by atoms with Crippen molar-refractivity contribution in [2.24, 2.45) is 0 Å². The highest BCUT2D eigenvalue weighted by Crippen LogP contribution is 2.39. The van der Waals surface area contributed by atoms with Crippen LogP contribution in [0.25, 0.3) is 6.08 Å². The number of ether oxygens (including phenoxy) is 2. The summed E-state index contributed by atoms with van der Waals surface area (Å²) < 4.78 is 12.6. The van der Waals surface area contributed by atoms with E-state index in [4.69, 9.17) is 9.47 Å². The summed E-state index contributed by atoms with van der Waals surface area (Å²) in [7, 11) is 1.34. The van der Waals surface area contributed by atoms with Crippen LogP contribution in [0, 0.1) is 0 Å². The molecule has 0 radical (unpaired) electrons. The summed E-state index contributed by atoms with van der Waals surface area (Å²) in [5.74, 6) is -1.55. The Labute approximate surface area is 210 Å². The minimum atomic E-state index is -0.584. The van der Waals surface area contributed by atoms with Crippen LogP contribution < -0.4 is 5.32 Å². The molecule has 184 valence electrons. The first-order valence-electron chi connectivity index (χ1n) is 11.7. The number of carbonyl (C=O) groups is 2. The Morgan fingerprint density at radius 2 is 1.69 bits per heavy atom. The van der Waals surface area contributed by atoms with Gasteiger partial charge in [-0.1, -0.05) is 60.7 Å². The van der Waals surface area contributed by atoms with Crippen LogP contribution in [0.3, 0.4) is 0 Å². The Bertz CT molecular complexity index is 1300. The van der Waals surface area contributed by atoms with Gasteiger partial charge < -0.3 is 19.4 Å². The van der Waals surface area contributed by atoms with Crippen LogP contribution in [0.1, 0.15) is 36.5 Å². The molecule has 0 spiro atoms. The highest BCUT2D eigenvalue weighted by molar-refractivity contribution is 5.99. The van der Waals surface area contributed by atoms with E-state index in [0.717, 1.165) is 17.7 Å². The number of carbonyl (C=O) groups excluding carboxylic acids is 2. The molecule has 7 heteroatoms. The third-order valence-electron chi connectivity index (χ3n) is 6.04. The van der Waals surface area contributed by atoms with E-state index in [-0.39, 0.29) is 6.61 Å². The molecule has 1 aliphatic rings. The number of methoxy groups -OCH3 is 1. The molecule has 0 saturated heterocycles. The molecule has 0 fully saturated rings. The molecule has 1 N–H and O–H groups in total.